The number of rotatable bonds is 8. The van der Waals surface area contributed by atoms with Crippen molar-refractivity contribution in [3.63, 3.8) is 0 Å². The Morgan fingerprint density at radius 2 is 2.06 bits per heavy atom. The van der Waals surface area contributed by atoms with Crippen molar-refractivity contribution in [3.8, 4) is 0 Å². The van der Waals surface area contributed by atoms with Gasteiger partial charge in [0.15, 0.2) is 0 Å². The van der Waals surface area contributed by atoms with Crippen LogP contribution in [0.5, 0.6) is 0 Å². The summed E-state index contributed by atoms with van der Waals surface area (Å²) in [6, 6.07) is 11.6. The van der Waals surface area contributed by atoms with Gasteiger partial charge in [0.2, 0.25) is 0 Å². The Kier molecular flexibility index (Phi) is 5.40. The quantitative estimate of drug-likeness (QED) is 0.700. The minimum absolute atomic E-state index is 0.853. The largest absolute Gasteiger partial charge is 0.314 e. The molecule has 1 aliphatic carbocycles. The van der Waals surface area contributed by atoms with Crippen molar-refractivity contribution in [3.05, 3.63) is 30.3 Å². The van der Waals surface area contributed by atoms with Crippen LogP contribution in [0.2, 0.25) is 0 Å². The van der Waals surface area contributed by atoms with Crippen LogP contribution in [0.3, 0.4) is 0 Å². The Labute approximate surface area is 109 Å². The molecule has 0 aliphatic heterocycles. The van der Waals surface area contributed by atoms with Gasteiger partial charge in [-0.1, -0.05) is 31.5 Å². The molecule has 2 heteroatoms. The fraction of sp³-hybridized carbons (Fsp3) is 0.600. The van der Waals surface area contributed by atoms with Crippen molar-refractivity contribution in [2.24, 2.45) is 5.92 Å². The average Bonchev–Trinajstić information content (AvgIpc) is 3.19. The van der Waals surface area contributed by atoms with E-state index in [4.69, 9.17) is 0 Å². The highest BCUT2D eigenvalue weighted by atomic mass is 32.2. The van der Waals surface area contributed by atoms with Crippen LogP contribution in [-0.2, 0) is 0 Å². The maximum atomic E-state index is 3.65. The predicted molar refractivity (Wildman–Crippen MR) is 76.6 cm³/mol. The SMILES string of the molecule is CCC(CCSc1ccccc1)CNC1CC1. The van der Waals surface area contributed by atoms with E-state index in [-0.39, 0.29) is 0 Å². The Morgan fingerprint density at radius 1 is 1.29 bits per heavy atom. The van der Waals surface area contributed by atoms with Gasteiger partial charge >= 0.3 is 0 Å². The summed E-state index contributed by atoms with van der Waals surface area (Å²) in [5.74, 6) is 2.10. The lowest BCUT2D eigenvalue weighted by Crippen LogP contribution is -2.24. The zero-order valence-corrected chi connectivity index (χ0v) is 11.5. The summed E-state index contributed by atoms with van der Waals surface area (Å²) in [6.07, 6.45) is 5.43. The summed E-state index contributed by atoms with van der Waals surface area (Å²) in [5, 5.41) is 3.65. The van der Waals surface area contributed by atoms with Gasteiger partial charge in [0.1, 0.15) is 0 Å². The van der Waals surface area contributed by atoms with Crippen LogP contribution >= 0.6 is 11.8 Å². The molecule has 0 heterocycles. The minimum atomic E-state index is 0.853. The van der Waals surface area contributed by atoms with Gasteiger partial charge in [-0.05, 0) is 49.6 Å². The summed E-state index contributed by atoms with van der Waals surface area (Å²) < 4.78 is 0. The third-order valence-corrected chi connectivity index (χ3v) is 4.43. The van der Waals surface area contributed by atoms with Gasteiger partial charge in [0.25, 0.3) is 0 Å². The van der Waals surface area contributed by atoms with Crippen LogP contribution in [-0.4, -0.2) is 18.3 Å². The molecule has 1 fully saturated rings. The van der Waals surface area contributed by atoms with Gasteiger partial charge in [-0.3, -0.25) is 0 Å². The Hall–Kier alpha value is -0.470. The summed E-state index contributed by atoms with van der Waals surface area (Å²) in [4.78, 5) is 1.40. The molecule has 1 unspecified atom stereocenters. The third kappa shape index (κ3) is 5.13. The van der Waals surface area contributed by atoms with E-state index in [1.807, 2.05) is 11.8 Å². The van der Waals surface area contributed by atoms with E-state index in [0.717, 1.165) is 12.0 Å². The smallest absolute Gasteiger partial charge is 0.00719 e. The summed E-state index contributed by atoms with van der Waals surface area (Å²) in [6.45, 7) is 3.53. The van der Waals surface area contributed by atoms with Crippen molar-refractivity contribution in [2.45, 2.75) is 43.5 Å². The van der Waals surface area contributed by atoms with Crippen LogP contribution in [0.4, 0.5) is 0 Å². The highest BCUT2D eigenvalue weighted by Gasteiger charge is 2.21. The van der Waals surface area contributed by atoms with Crippen molar-refractivity contribution in [2.75, 3.05) is 12.3 Å². The topological polar surface area (TPSA) is 12.0 Å². The molecule has 1 atom stereocenters. The first-order valence-corrected chi connectivity index (χ1v) is 7.78. The van der Waals surface area contributed by atoms with Gasteiger partial charge in [-0.25, -0.2) is 0 Å². The average molecular weight is 249 g/mol. The second kappa shape index (κ2) is 7.07. The predicted octanol–water partition coefficient (Wildman–Crippen LogP) is 3.95. The molecule has 0 radical (unpaired) electrons. The molecule has 0 amide bonds. The molecule has 17 heavy (non-hydrogen) atoms. The molecular weight excluding hydrogens is 226 g/mol. The van der Waals surface area contributed by atoms with Crippen molar-refractivity contribution < 1.29 is 0 Å². The molecular formula is C15H23NS. The Morgan fingerprint density at radius 3 is 2.71 bits per heavy atom. The van der Waals surface area contributed by atoms with Gasteiger partial charge in [-0.2, -0.15) is 0 Å². The molecule has 1 aromatic carbocycles. The lowest BCUT2D eigenvalue weighted by molar-refractivity contribution is 0.451. The number of hydrogen-bond acceptors (Lipinski definition) is 2. The Bertz CT molecular complexity index is 308. The normalized spacial score (nSPS) is 17.0. The fourth-order valence-electron chi connectivity index (χ4n) is 1.93. The highest BCUT2D eigenvalue weighted by Crippen LogP contribution is 2.22. The lowest BCUT2D eigenvalue weighted by atomic mass is 10.0. The molecule has 0 spiro atoms. The zero-order chi connectivity index (χ0) is 11.9. The molecule has 0 saturated heterocycles. The summed E-state index contributed by atoms with van der Waals surface area (Å²) >= 11 is 1.99. The molecule has 94 valence electrons. The van der Waals surface area contributed by atoms with Crippen LogP contribution in [0.25, 0.3) is 0 Å². The minimum Gasteiger partial charge on any atom is -0.314 e. The molecule has 1 saturated carbocycles. The Balaban J connectivity index is 1.61. The maximum absolute atomic E-state index is 3.65. The van der Waals surface area contributed by atoms with E-state index in [9.17, 15) is 0 Å². The van der Waals surface area contributed by atoms with Crippen LogP contribution in [0.15, 0.2) is 35.2 Å². The maximum Gasteiger partial charge on any atom is 0.00719 e. The fourth-order valence-corrected chi connectivity index (χ4v) is 2.97. The van der Waals surface area contributed by atoms with Gasteiger partial charge < -0.3 is 5.32 Å². The van der Waals surface area contributed by atoms with Gasteiger partial charge in [0.05, 0.1) is 0 Å². The van der Waals surface area contributed by atoms with E-state index in [2.05, 4.69) is 42.6 Å². The summed E-state index contributed by atoms with van der Waals surface area (Å²) in [7, 11) is 0. The van der Waals surface area contributed by atoms with E-state index in [1.165, 1.54) is 42.9 Å². The zero-order valence-electron chi connectivity index (χ0n) is 10.7. The number of thioether (sulfide) groups is 1. The summed E-state index contributed by atoms with van der Waals surface area (Å²) in [5.41, 5.74) is 0. The second-order valence-corrected chi connectivity index (χ2v) is 6.08. The third-order valence-electron chi connectivity index (χ3n) is 3.39. The van der Waals surface area contributed by atoms with E-state index < -0.39 is 0 Å². The second-order valence-electron chi connectivity index (χ2n) is 4.91. The number of nitrogens with one attached hydrogen (secondary N) is 1. The van der Waals surface area contributed by atoms with Crippen molar-refractivity contribution in [1.82, 2.24) is 5.32 Å². The lowest BCUT2D eigenvalue weighted by Gasteiger charge is -2.15. The molecule has 1 nitrogen and oxygen atoms in total. The first-order chi connectivity index (χ1) is 8.38. The molecule has 1 aliphatic rings. The van der Waals surface area contributed by atoms with Crippen molar-refractivity contribution in [1.29, 1.82) is 0 Å². The monoisotopic (exact) mass is 249 g/mol. The van der Waals surface area contributed by atoms with E-state index >= 15 is 0 Å². The first kappa shape index (κ1) is 13.0. The van der Waals surface area contributed by atoms with Gasteiger partial charge in [0, 0.05) is 10.9 Å². The molecule has 0 bridgehead atoms. The van der Waals surface area contributed by atoms with Gasteiger partial charge in [-0.15, -0.1) is 11.8 Å². The standard InChI is InChI=1S/C15H23NS/c1-2-13(12-16-14-8-9-14)10-11-17-15-6-4-3-5-7-15/h3-7,13-14,16H,2,8-12H2,1H3. The molecule has 2 rings (SSSR count). The van der Waals surface area contributed by atoms with Crippen LogP contribution < -0.4 is 5.32 Å². The molecule has 0 aromatic heterocycles. The van der Waals surface area contributed by atoms with E-state index in [1.54, 1.807) is 0 Å². The highest BCUT2D eigenvalue weighted by molar-refractivity contribution is 7.99. The van der Waals surface area contributed by atoms with Crippen LogP contribution in [0.1, 0.15) is 32.6 Å². The van der Waals surface area contributed by atoms with Crippen molar-refractivity contribution >= 4 is 11.8 Å². The molecule has 1 aromatic rings. The number of benzene rings is 1. The molecule has 1 N–H and O–H groups in total. The first-order valence-electron chi connectivity index (χ1n) is 6.79. The van der Waals surface area contributed by atoms with Crippen LogP contribution in [0, 0.1) is 5.92 Å². The number of hydrogen-bond donors (Lipinski definition) is 1. The van der Waals surface area contributed by atoms with E-state index in [0.29, 0.717) is 0 Å².